The Morgan fingerprint density at radius 1 is 0.829 bits per heavy atom. The topological polar surface area (TPSA) is 91.1 Å². The number of amides is 2. The summed E-state index contributed by atoms with van der Waals surface area (Å²) in [4.78, 5) is 25.5. The first kappa shape index (κ1) is 25.4. The molecule has 0 heterocycles. The van der Waals surface area contributed by atoms with Crippen molar-refractivity contribution in [3.63, 3.8) is 0 Å². The molecule has 0 fully saturated rings. The van der Waals surface area contributed by atoms with Crippen molar-refractivity contribution in [2.45, 2.75) is 12.8 Å². The molecular weight excluding hydrogens is 444 g/mol. The van der Waals surface area contributed by atoms with Gasteiger partial charge in [-0.25, -0.2) is 0 Å². The van der Waals surface area contributed by atoms with Crippen LogP contribution in [0, 0.1) is 0 Å². The summed E-state index contributed by atoms with van der Waals surface area (Å²) in [6.07, 6.45) is 2.72. The zero-order valence-corrected chi connectivity index (χ0v) is 20.4. The minimum atomic E-state index is -0.322. The molecule has 0 aromatic heterocycles. The molecule has 0 radical (unpaired) electrons. The van der Waals surface area contributed by atoms with Gasteiger partial charge in [0.05, 0.1) is 14.2 Å². The summed E-state index contributed by atoms with van der Waals surface area (Å²) in [7, 11) is 6.60. The Hall–Kier alpha value is -4.26. The Morgan fingerprint density at radius 3 is 1.86 bits per heavy atom. The molecule has 2 N–H and O–H groups in total. The van der Waals surface area contributed by atoms with Crippen molar-refractivity contribution >= 4 is 23.5 Å². The quantitative estimate of drug-likeness (QED) is 0.344. The summed E-state index contributed by atoms with van der Waals surface area (Å²) in [6, 6.07) is 20.3. The maximum absolute atomic E-state index is 13.0. The number of aryl methyl sites for hydroxylation is 1. The summed E-state index contributed by atoms with van der Waals surface area (Å²) in [6.45, 7) is 0. The van der Waals surface area contributed by atoms with Gasteiger partial charge in [0.15, 0.2) is 0 Å². The predicted octanol–water partition coefficient (Wildman–Crippen LogP) is 4.54. The van der Waals surface area contributed by atoms with Crippen LogP contribution < -0.4 is 19.9 Å². The zero-order chi connectivity index (χ0) is 25.4. The second kappa shape index (κ2) is 11.7. The van der Waals surface area contributed by atoms with Crippen molar-refractivity contribution in [2.75, 3.05) is 28.3 Å². The Morgan fingerprint density at radius 2 is 1.37 bits per heavy atom. The number of hydrogen-bond donors (Lipinski definition) is 1. The van der Waals surface area contributed by atoms with Gasteiger partial charge in [-0.15, -0.1) is 0 Å². The number of nitrogens with two attached hydrogens (primary N) is 1. The lowest BCUT2D eigenvalue weighted by Crippen LogP contribution is -2.22. The van der Waals surface area contributed by atoms with Crippen LogP contribution in [-0.2, 0) is 16.0 Å². The van der Waals surface area contributed by atoms with E-state index in [0.717, 1.165) is 16.7 Å². The van der Waals surface area contributed by atoms with Crippen LogP contribution in [0.15, 0.2) is 66.7 Å². The normalized spacial score (nSPS) is 11.0. The van der Waals surface area contributed by atoms with Gasteiger partial charge in [-0.1, -0.05) is 24.3 Å². The number of hydrogen-bond acceptors (Lipinski definition) is 5. The Balaban J connectivity index is 1.84. The molecule has 0 atom stereocenters. The average Bonchev–Trinajstić information content (AvgIpc) is 2.86. The van der Waals surface area contributed by atoms with Crippen LogP contribution in [0.4, 0.5) is 0 Å². The van der Waals surface area contributed by atoms with E-state index in [2.05, 4.69) is 0 Å². The molecule has 0 aliphatic heterocycles. The standard InChI is InChI=1S/C28H30N2O5/c1-30(2)28(32)26(17-20-15-24(33-3)18-25(16-20)34-4)21-8-12-23(13-9-21)35-22-10-5-19(6-11-22)7-14-27(29)31/h5-6,8-13,15-18H,7,14H2,1-4H3,(H2,29,31). The maximum Gasteiger partial charge on any atom is 0.253 e. The molecule has 182 valence electrons. The number of carbonyl (C=O) groups is 2. The number of ether oxygens (including phenoxy) is 3. The fraction of sp³-hybridized carbons (Fsp3) is 0.214. The number of nitrogens with zero attached hydrogens (tertiary/aromatic N) is 1. The average molecular weight is 475 g/mol. The monoisotopic (exact) mass is 474 g/mol. The number of likely N-dealkylation sites (N-methyl/N-ethyl adjacent to an activating group) is 1. The van der Waals surface area contributed by atoms with Gasteiger partial charge in [0.1, 0.15) is 23.0 Å². The number of carbonyl (C=O) groups excluding carboxylic acids is 2. The first-order valence-electron chi connectivity index (χ1n) is 11.1. The predicted molar refractivity (Wildman–Crippen MR) is 137 cm³/mol. The van der Waals surface area contributed by atoms with Crippen LogP contribution >= 0.6 is 0 Å². The van der Waals surface area contributed by atoms with E-state index >= 15 is 0 Å². The molecular formula is C28H30N2O5. The van der Waals surface area contributed by atoms with E-state index in [1.165, 1.54) is 4.90 Å². The van der Waals surface area contributed by atoms with E-state index in [1.807, 2.05) is 66.7 Å². The summed E-state index contributed by atoms with van der Waals surface area (Å²) < 4.78 is 16.7. The SMILES string of the molecule is COc1cc(C=C(C(=O)N(C)C)c2ccc(Oc3ccc(CCC(N)=O)cc3)cc2)cc(OC)c1. The van der Waals surface area contributed by atoms with E-state index in [4.69, 9.17) is 19.9 Å². The molecule has 0 aliphatic rings. The molecule has 2 amide bonds. The minimum absolute atomic E-state index is 0.132. The molecule has 3 aromatic rings. The first-order chi connectivity index (χ1) is 16.8. The summed E-state index contributed by atoms with van der Waals surface area (Å²) in [5.41, 5.74) is 8.27. The number of benzene rings is 3. The third-order valence-electron chi connectivity index (χ3n) is 5.31. The highest BCUT2D eigenvalue weighted by Gasteiger charge is 2.15. The molecule has 0 aliphatic carbocycles. The molecule has 3 aromatic carbocycles. The highest BCUT2D eigenvalue weighted by molar-refractivity contribution is 6.24. The lowest BCUT2D eigenvalue weighted by molar-refractivity contribution is -0.122. The molecule has 0 unspecified atom stereocenters. The van der Waals surface area contributed by atoms with Crippen LogP contribution in [0.1, 0.15) is 23.1 Å². The minimum Gasteiger partial charge on any atom is -0.497 e. The summed E-state index contributed by atoms with van der Waals surface area (Å²) in [5, 5.41) is 0. The van der Waals surface area contributed by atoms with Gasteiger partial charge < -0.3 is 24.8 Å². The van der Waals surface area contributed by atoms with Gasteiger partial charge in [0, 0.05) is 32.2 Å². The second-order valence-corrected chi connectivity index (χ2v) is 8.14. The number of primary amides is 1. The number of rotatable bonds is 10. The Kier molecular flexibility index (Phi) is 8.51. The molecule has 0 bridgehead atoms. The molecule has 3 rings (SSSR count). The van der Waals surface area contributed by atoms with Gasteiger partial charge in [0.25, 0.3) is 5.91 Å². The highest BCUT2D eigenvalue weighted by atomic mass is 16.5. The molecule has 7 nitrogen and oxygen atoms in total. The van der Waals surface area contributed by atoms with Crippen molar-refractivity contribution in [1.29, 1.82) is 0 Å². The van der Waals surface area contributed by atoms with Gasteiger partial charge in [-0.05, 0) is 65.6 Å². The van der Waals surface area contributed by atoms with Crippen LogP contribution in [-0.4, -0.2) is 45.0 Å². The van der Waals surface area contributed by atoms with Crippen LogP contribution in [0.2, 0.25) is 0 Å². The second-order valence-electron chi connectivity index (χ2n) is 8.14. The van der Waals surface area contributed by atoms with Crippen molar-refractivity contribution in [3.8, 4) is 23.0 Å². The molecule has 7 heteroatoms. The van der Waals surface area contributed by atoms with Crippen LogP contribution in [0.3, 0.4) is 0 Å². The van der Waals surface area contributed by atoms with Crippen molar-refractivity contribution in [1.82, 2.24) is 4.90 Å². The largest absolute Gasteiger partial charge is 0.497 e. The summed E-state index contributed by atoms with van der Waals surface area (Å²) >= 11 is 0. The van der Waals surface area contributed by atoms with Gasteiger partial charge in [-0.3, -0.25) is 9.59 Å². The Labute approximate surface area is 205 Å². The molecule has 0 saturated heterocycles. The van der Waals surface area contributed by atoms with Crippen molar-refractivity contribution < 1.29 is 23.8 Å². The van der Waals surface area contributed by atoms with E-state index in [9.17, 15) is 9.59 Å². The van der Waals surface area contributed by atoms with Crippen molar-refractivity contribution in [2.24, 2.45) is 5.73 Å². The zero-order valence-electron chi connectivity index (χ0n) is 20.4. The van der Waals surface area contributed by atoms with Gasteiger partial charge in [-0.2, -0.15) is 0 Å². The molecule has 0 saturated carbocycles. The van der Waals surface area contributed by atoms with E-state index in [-0.39, 0.29) is 11.8 Å². The highest BCUT2D eigenvalue weighted by Crippen LogP contribution is 2.29. The Bertz CT molecular complexity index is 1180. The summed E-state index contributed by atoms with van der Waals surface area (Å²) in [5.74, 6) is 2.12. The van der Waals surface area contributed by atoms with Crippen LogP contribution in [0.25, 0.3) is 11.6 Å². The molecule has 35 heavy (non-hydrogen) atoms. The third kappa shape index (κ3) is 7.11. The fourth-order valence-corrected chi connectivity index (χ4v) is 3.42. The fourth-order valence-electron chi connectivity index (χ4n) is 3.42. The lowest BCUT2D eigenvalue weighted by atomic mass is 10.0. The number of methoxy groups -OCH3 is 2. The van der Waals surface area contributed by atoms with Gasteiger partial charge >= 0.3 is 0 Å². The lowest BCUT2D eigenvalue weighted by Gasteiger charge is -2.15. The van der Waals surface area contributed by atoms with E-state index in [0.29, 0.717) is 41.4 Å². The van der Waals surface area contributed by atoms with Gasteiger partial charge in [0.2, 0.25) is 5.91 Å². The third-order valence-corrected chi connectivity index (χ3v) is 5.31. The van der Waals surface area contributed by atoms with Crippen molar-refractivity contribution in [3.05, 3.63) is 83.4 Å². The van der Waals surface area contributed by atoms with E-state index < -0.39 is 0 Å². The molecule has 0 spiro atoms. The maximum atomic E-state index is 13.0. The van der Waals surface area contributed by atoms with E-state index in [1.54, 1.807) is 34.4 Å². The first-order valence-corrected chi connectivity index (χ1v) is 11.1. The van der Waals surface area contributed by atoms with Crippen LogP contribution in [0.5, 0.6) is 23.0 Å². The smallest absolute Gasteiger partial charge is 0.253 e.